The van der Waals surface area contributed by atoms with E-state index >= 15 is 0 Å². The minimum atomic E-state index is -0.581. The number of hydrogen-bond acceptors (Lipinski definition) is 9. The van der Waals surface area contributed by atoms with Gasteiger partial charge in [-0.2, -0.15) is 0 Å². The van der Waals surface area contributed by atoms with Crippen LogP contribution in [0.4, 0.5) is 5.95 Å². The molecule has 0 unspecified atom stereocenters. The molecule has 11 heteroatoms. The number of imidazole rings is 1. The van der Waals surface area contributed by atoms with Crippen LogP contribution in [0.1, 0.15) is 47.5 Å². The van der Waals surface area contributed by atoms with Crippen LogP contribution in [0.3, 0.4) is 0 Å². The van der Waals surface area contributed by atoms with Crippen molar-refractivity contribution in [2.75, 3.05) is 13.1 Å². The molecule has 0 atom stereocenters. The lowest BCUT2D eigenvalue weighted by Crippen LogP contribution is -2.49. The molecule has 28 heavy (non-hydrogen) atoms. The maximum absolute atomic E-state index is 10.9. The maximum atomic E-state index is 10.9. The van der Waals surface area contributed by atoms with Crippen molar-refractivity contribution in [3.8, 4) is 0 Å². The molecule has 0 bridgehead atoms. The zero-order valence-corrected chi connectivity index (χ0v) is 17.1. The molecule has 0 saturated carbocycles. The van der Waals surface area contributed by atoms with Gasteiger partial charge in [0.25, 0.3) is 0 Å². The number of oxime groups is 2. The van der Waals surface area contributed by atoms with Crippen molar-refractivity contribution in [2.24, 2.45) is 10.3 Å². The highest BCUT2D eigenvalue weighted by Gasteiger charge is 2.26. The van der Waals surface area contributed by atoms with E-state index in [1.54, 1.807) is 6.92 Å². The highest BCUT2D eigenvalue weighted by atomic mass is 16.6. The van der Waals surface area contributed by atoms with E-state index in [9.17, 15) is 15.3 Å². The Kier molecular flexibility index (Phi) is 8.51. The minimum Gasteiger partial charge on any atom is -0.411 e. The van der Waals surface area contributed by atoms with Crippen LogP contribution >= 0.6 is 0 Å². The van der Waals surface area contributed by atoms with Crippen molar-refractivity contribution in [3.63, 3.8) is 0 Å². The summed E-state index contributed by atoms with van der Waals surface area (Å²) in [4.78, 5) is 14.1. The predicted octanol–water partition coefficient (Wildman–Crippen LogP) is 1.99. The topological polar surface area (TPSA) is 150 Å². The third-order valence-electron chi connectivity index (χ3n) is 4.83. The largest absolute Gasteiger partial charge is 0.434 e. The fraction of sp³-hybridized carbons (Fsp3) is 0.706. The number of nitrogens with one attached hydrogen (secondary N) is 2. The fourth-order valence-corrected chi connectivity index (χ4v) is 2.61. The van der Waals surface area contributed by atoms with Gasteiger partial charge in [0, 0.05) is 6.42 Å². The van der Waals surface area contributed by atoms with Gasteiger partial charge in [0.1, 0.15) is 12.4 Å². The second-order valence-electron chi connectivity index (χ2n) is 7.62. The van der Waals surface area contributed by atoms with Crippen LogP contribution in [0, 0.1) is 10.1 Å². The zero-order chi connectivity index (χ0) is 21.4. The highest BCUT2D eigenvalue weighted by Crippen LogP contribution is 2.14. The lowest BCUT2D eigenvalue weighted by molar-refractivity contribution is -0.396. The Labute approximate surface area is 164 Å². The monoisotopic (exact) mass is 397 g/mol. The zero-order valence-electron chi connectivity index (χ0n) is 17.1. The van der Waals surface area contributed by atoms with Crippen LogP contribution in [-0.4, -0.2) is 60.5 Å². The van der Waals surface area contributed by atoms with Gasteiger partial charge in [-0.3, -0.25) is 0 Å². The summed E-state index contributed by atoms with van der Waals surface area (Å²) in [5.74, 6) is -0.238. The van der Waals surface area contributed by atoms with Gasteiger partial charge >= 0.3 is 5.95 Å². The van der Waals surface area contributed by atoms with Crippen LogP contribution in [0.15, 0.2) is 22.7 Å². The van der Waals surface area contributed by atoms with Crippen molar-refractivity contribution < 1.29 is 15.3 Å². The number of aryl methyl sites for hydroxylation is 1. The van der Waals surface area contributed by atoms with Crippen molar-refractivity contribution >= 4 is 17.4 Å². The van der Waals surface area contributed by atoms with Crippen LogP contribution in [0.2, 0.25) is 0 Å². The lowest BCUT2D eigenvalue weighted by atomic mass is 9.95. The van der Waals surface area contributed by atoms with Gasteiger partial charge in [0.15, 0.2) is 0 Å². The Bertz CT molecular complexity index is 710. The van der Waals surface area contributed by atoms with Gasteiger partial charge < -0.3 is 31.2 Å². The standard InChI is InChI=1S/C17H31N7O4/c1-13(21-25)16(2,3)19-8-6-9-20-17(4,5)14(22-26)7-11-23-12-10-18-15(23)24(27)28/h10,12,19-20,25-26H,6-9,11H2,1-5H3. The number of aromatic nitrogens is 2. The first kappa shape index (κ1) is 23.5. The first-order valence-electron chi connectivity index (χ1n) is 9.11. The van der Waals surface area contributed by atoms with Crippen molar-refractivity contribution in [2.45, 2.75) is 65.1 Å². The Morgan fingerprint density at radius 1 is 1.21 bits per heavy atom. The van der Waals surface area contributed by atoms with Crippen LogP contribution in [-0.2, 0) is 6.54 Å². The summed E-state index contributed by atoms with van der Waals surface area (Å²) in [6, 6.07) is 0. The van der Waals surface area contributed by atoms with Gasteiger partial charge in [-0.25, -0.2) is 4.57 Å². The van der Waals surface area contributed by atoms with Crippen molar-refractivity contribution in [1.82, 2.24) is 20.2 Å². The first-order chi connectivity index (χ1) is 13.0. The van der Waals surface area contributed by atoms with E-state index < -0.39 is 16.0 Å². The van der Waals surface area contributed by atoms with Crippen LogP contribution in [0.5, 0.6) is 0 Å². The second kappa shape index (κ2) is 10.1. The molecule has 1 rings (SSSR count). The Hall–Kier alpha value is -2.53. The SMILES string of the molecule is CC(=NO)C(C)(C)NCCCNC(C)(C)C(CCn1ccnc1[N+](=O)[O-])=NO. The summed E-state index contributed by atoms with van der Waals surface area (Å²) in [7, 11) is 0. The number of nitrogens with zero attached hydrogens (tertiary/aromatic N) is 5. The molecule has 0 fully saturated rings. The van der Waals surface area contributed by atoms with Crippen molar-refractivity contribution in [1.29, 1.82) is 0 Å². The van der Waals surface area contributed by atoms with Crippen LogP contribution < -0.4 is 10.6 Å². The molecule has 0 amide bonds. The average molecular weight is 397 g/mol. The molecule has 158 valence electrons. The van der Waals surface area contributed by atoms with E-state index in [1.165, 1.54) is 17.0 Å². The number of nitro groups is 1. The number of hydrogen-bond donors (Lipinski definition) is 4. The van der Waals surface area contributed by atoms with Crippen molar-refractivity contribution in [3.05, 3.63) is 22.5 Å². The maximum Gasteiger partial charge on any atom is 0.434 e. The molecule has 0 saturated heterocycles. The second-order valence-corrected chi connectivity index (χ2v) is 7.62. The normalized spacial score (nSPS) is 13.8. The van der Waals surface area contributed by atoms with E-state index in [0.717, 1.165) is 6.42 Å². The molecule has 1 aromatic rings. The molecular weight excluding hydrogens is 366 g/mol. The first-order valence-corrected chi connectivity index (χ1v) is 9.11. The van der Waals surface area contributed by atoms with Gasteiger partial charge in [-0.05, 0) is 59.1 Å². The molecule has 0 aliphatic heterocycles. The van der Waals surface area contributed by atoms with E-state index in [4.69, 9.17) is 5.21 Å². The molecular formula is C17H31N7O4. The Balaban J connectivity index is 2.51. The molecule has 11 nitrogen and oxygen atoms in total. The summed E-state index contributed by atoms with van der Waals surface area (Å²) in [6.07, 6.45) is 4.04. The molecule has 1 aromatic heterocycles. The molecule has 0 radical (unpaired) electrons. The van der Waals surface area contributed by atoms with E-state index in [-0.39, 0.29) is 12.5 Å². The lowest BCUT2D eigenvalue weighted by Gasteiger charge is -2.28. The molecule has 0 aliphatic carbocycles. The summed E-state index contributed by atoms with van der Waals surface area (Å²) in [5, 5.41) is 42.5. The third kappa shape index (κ3) is 6.57. The van der Waals surface area contributed by atoms with E-state index in [1.807, 2.05) is 27.7 Å². The Morgan fingerprint density at radius 2 is 1.82 bits per heavy atom. The summed E-state index contributed by atoms with van der Waals surface area (Å²) >= 11 is 0. The molecule has 0 aromatic carbocycles. The summed E-state index contributed by atoms with van der Waals surface area (Å²) < 4.78 is 1.41. The highest BCUT2D eigenvalue weighted by molar-refractivity contribution is 5.92. The molecule has 4 N–H and O–H groups in total. The summed E-state index contributed by atoms with van der Waals surface area (Å²) in [5.41, 5.74) is 0.111. The molecule has 0 spiro atoms. The fourth-order valence-electron chi connectivity index (χ4n) is 2.61. The van der Waals surface area contributed by atoms with Gasteiger partial charge in [-0.15, -0.1) is 0 Å². The van der Waals surface area contributed by atoms with Gasteiger partial charge in [-0.1, -0.05) is 15.3 Å². The summed E-state index contributed by atoms with van der Waals surface area (Å²) in [6.45, 7) is 11.1. The van der Waals surface area contributed by atoms with Gasteiger partial charge in [0.05, 0.1) is 29.0 Å². The smallest absolute Gasteiger partial charge is 0.411 e. The third-order valence-corrected chi connectivity index (χ3v) is 4.83. The number of rotatable bonds is 12. The molecule has 0 aliphatic rings. The van der Waals surface area contributed by atoms with E-state index in [0.29, 0.717) is 30.9 Å². The predicted molar refractivity (Wildman–Crippen MR) is 106 cm³/mol. The van der Waals surface area contributed by atoms with E-state index in [2.05, 4.69) is 25.9 Å². The molecule has 1 heterocycles. The quantitative estimate of drug-likeness (QED) is 0.138. The van der Waals surface area contributed by atoms with Gasteiger partial charge in [0.2, 0.25) is 0 Å². The van der Waals surface area contributed by atoms with Crippen LogP contribution in [0.25, 0.3) is 0 Å². The average Bonchev–Trinajstić information content (AvgIpc) is 3.09. The minimum absolute atomic E-state index is 0.238. The Morgan fingerprint density at radius 3 is 2.36 bits per heavy atom.